The van der Waals surface area contributed by atoms with Gasteiger partial charge in [-0.1, -0.05) is 13.8 Å². The van der Waals surface area contributed by atoms with Gasteiger partial charge in [0.25, 0.3) is 0 Å². The van der Waals surface area contributed by atoms with E-state index in [0.29, 0.717) is 17.3 Å². The predicted octanol–water partition coefficient (Wildman–Crippen LogP) is 2.12. The van der Waals surface area contributed by atoms with Crippen molar-refractivity contribution in [1.29, 1.82) is 0 Å². The number of hydrogen-bond donors (Lipinski definition) is 0. The lowest BCUT2D eigenvalue weighted by atomic mass is 10.1. The van der Waals surface area contributed by atoms with Crippen LogP contribution in [0, 0.1) is 17.3 Å². The average molecular weight is 247 g/mol. The minimum atomic E-state index is -2.80. The first kappa shape index (κ1) is 12.7. The highest BCUT2D eigenvalue weighted by molar-refractivity contribution is 5.77. The van der Waals surface area contributed by atoms with Crippen molar-refractivity contribution in [3.63, 3.8) is 0 Å². The highest BCUT2D eigenvalue weighted by Crippen LogP contribution is 2.61. The SMILES string of the molecule is C[C@H](CC(=O)N1CC2C(C1)C2(C)C)OC(F)F. The summed E-state index contributed by atoms with van der Waals surface area (Å²) in [5.74, 6) is 1.12. The molecule has 0 aromatic carbocycles. The van der Waals surface area contributed by atoms with E-state index in [-0.39, 0.29) is 12.3 Å². The molecule has 2 fully saturated rings. The molecular formula is C12H19F2NO2. The molecule has 5 heteroatoms. The van der Waals surface area contributed by atoms with E-state index in [1.165, 1.54) is 6.92 Å². The first-order valence-corrected chi connectivity index (χ1v) is 6.03. The van der Waals surface area contributed by atoms with E-state index in [4.69, 9.17) is 0 Å². The second-order valence-corrected chi connectivity index (χ2v) is 5.74. The van der Waals surface area contributed by atoms with Gasteiger partial charge in [-0.25, -0.2) is 0 Å². The van der Waals surface area contributed by atoms with Crippen LogP contribution in [-0.2, 0) is 9.53 Å². The molecule has 0 bridgehead atoms. The van der Waals surface area contributed by atoms with Gasteiger partial charge in [-0.3, -0.25) is 4.79 Å². The monoisotopic (exact) mass is 247 g/mol. The average Bonchev–Trinajstić information content (AvgIpc) is 2.62. The third-order valence-electron chi connectivity index (χ3n) is 4.27. The van der Waals surface area contributed by atoms with Gasteiger partial charge in [0.2, 0.25) is 5.91 Å². The molecule has 0 aromatic heterocycles. The number of likely N-dealkylation sites (tertiary alicyclic amines) is 1. The van der Waals surface area contributed by atoms with Crippen molar-refractivity contribution in [2.24, 2.45) is 17.3 Å². The maximum atomic E-state index is 11.9. The molecule has 98 valence electrons. The number of piperidine rings is 1. The zero-order chi connectivity index (χ0) is 12.8. The van der Waals surface area contributed by atoms with Crippen molar-refractivity contribution >= 4 is 5.91 Å². The zero-order valence-electron chi connectivity index (χ0n) is 10.5. The van der Waals surface area contributed by atoms with E-state index in [2.05, 4.69) is 18.6 Å². The molecule has 1 heterocycles. The summed E-state index contributed by atoms with van der Waals surface area (Å²) in [4.78, 5) is 13.6. The Morgan fingerprint density at radius 2 is 1.94 bits per heavy atom. The van der Waals surface area contributed by atoms with Crippen LogP contribution in [0.3, 0.4) is 0 Å². The Bertz CT molecular complexity index is 306. The van der Waals surface area contributed by atoms with Gasteiger partial charge in [0.05, 0.1) is 12.5 Å². The number of hydrogen-bond acceptors (Lipinski definition) is 2. The molecule has 2 unspecified atom stereocenters. The van der Waals surface area contributed by atoms with Gasteiger partial charge < -0.3 is 9.64 Å². The van der Waals surface area contributed by atoms with E-state index >= 15 is 0 Å². The Labute approximate surface area is 100 Å². The largest absolute Gasteiger partial charge is 0.345 e. The van der Waals surface area contributed by atoms with Gasteiger partial charge in [0.1, 0.15) is 0 Å². The number of rotatable bonds is 4. The summed E-state index contributed by atoms with van der Waals surface area (Å²) in [6.07, 6.45) is -0.669. The minimum Gasteiger partial charge on any atom is -0.342 e. The van der Waals surface area contributed by atoms with E-state index in [1.54, 1.807) is 4.90 Å². The number of carbonyl (C=O) groups is 1. The molecule has 2 aliphatic rings. The van der Waals surface area contributed by atoms with Gasteiger partial charge >= 0.3 is 6.61 Å². The fraction of sp³-hybridized carbons (Fsp3) is 0.917. The van der Waals surface area contributed by atoms with Gasteiger partial charge in [-0.2, -0.15) is 8.78 Å². The molecule has 1 aliphatic carbocycles. The van der Waals surface area contributed by atoms with Crippen molar-refractivity contribution in [1.82, 2.24) is 4.90 Å². The Kier molecular flexibility index (Phi) is 3.14. The standard InChI is InChI=1S/C12H19F2NO2/c1-7(17-11(13)14)4-10(16)15-5-8-9(6-15)12(8,2)3/h7-9,11H,4-6H2,1-3H3/t7-,8?,9?/m1/s1. The fourth-order valence-corrected chi connectivity index (χ4v) is 2.93. The van der Waals surface area contributed by atoms with Crippen LogP contribution in [0.2, 0.25) is 0 Å². The van der Waals surface area contributed by atoms with E-state index in [9.17, 15) is 13.6 Å². The number of carbonyl (C=O) groups excluding carboxylic acids is 1. The summed E-state index contributed by atoms with van der Waals surface area (Å²) in [5, 5.41) is 0. The highest BCUT2D eigenvalue weighted by Gasteiger charge is 2.62. The molecule has 0 aromatic rings. The molecule has 2 rings (SSSR count). The van der Waals surface area contributed by atoms with Crippen LogP contribution in [0.15, 0.2) is 0 Å². The normalized spacial score (nSPS) is 31.5. The lowest BCUT2D eigenvalue weighted by molar-refractivity contribution is -0.165. The molecule has 1 amide bonds. The van der Waals surface area contributed by atoms with Crippen LogP contribution in [0.5, 0.6) is 0 Å². The summed E-state index contributed by atoms with van der Waals surface area (Å²) < 4.78 is 28.2. The maximum absolute atomic E-state index is 11.9. The first-order valence-electron chi connectivity index (χ1n) is 6.03. The molecule has 1 saturated carbocycles. The lowest BCUT2D eigenvalue weighted by Gasteiger charge is -2.23. The van der Waals surface area contributed by atoms with Gasteiger partial charge in [0, 0.05) is 13.1 Å². The second kappa shape index (κ2) is 4.19. The summed E-state index contributed by atoms with van der Waals surface area (Å²) in [6.45, 7) is 4.68. The molecule has 0 radical (unpaired) electrons. The molecule has 1 aliphatic heterocycles. The van der Waals surface area contributed by atoms with Crippen molar-refractivity contribution in [2.45, 2.75) is 39.9 Å². The number of amides is 1. The van der Waals surface area contributed by atoms with Crippen LogP contribution < -0.4 is 0 Å². The van der Waals surface area contributed by atoms with E-state index in [1.807, 2.05) is 0 Å². The number of fused-ring (bicyclic) bond motifs is 1. The predicted molar refractivity (Wildman–Crippen MR) is 58.5 cm³/mol. The summed E-state index contributed by atoms with van der Waals surface area (Å²) in [6, 6.07) is 0. The molecule has 1 saturated heterocycles. The Morgan fingerprint density at radius 1 is 1.41 bits per heavy atom. The van der Waals surface area contributed by atoms with Crippen molar-refractivity contribution in [2.75, 3.05) is 13.1 Å². The molecule has 0 N–H and O–H groups in total. The highest BCUT2D eigenvalue weighted by atomic mass is 19.3. The number of halogens is 2. The third kappa shape index (κ3) is 2.44. The zero-order valence-corrected chi connectivity index (χ0v) is 10.5. The van der Waals surface area contributed by atoms with E-state index < -0.39 is 12.7 Å². The number of nitrogens with zero attached hydrogens (tertiary/aromatic N) is 1. The molecule has 0 spiro atoms. The Morgan fingerprint density at radius 3 is 2.41 bits per heavy atom. The van der Waals surface area contributed by atoms with Crippen LogP contribution in [-0.4, -0.2) is 36.6 Å². The molecule has 3 nitrogen and oxygen atoms in total. The molecule has 3 atom stereocenters. The fourth-order valence-electron chi connectivity index (χ4n) is 2.93. The van der Waals surface area contributed by atoms with Gasteiger partial charge in [-0.15, -0.1) is 0 Å². The summed E-state index contributed by atoms with van der Waals surface area (Å²) in [7, 11) is 0. The van der Waals surface area contributed by atoms with Gasteiger partial charge in [-0.05, 0) is 24.2 Å². The quantitative estimate of drug-likeness (QED) is 0.761. The third-order valence-corrected chi connectivity index (χ3v) is 4.27. The lowest BCUT2D eigenvalue weighted by Crippen LogP contribution is -2.35. The Balaban J connectivity index is 1.76. The first-order chi connectivity index (χ1) is 7.82. The van der Waals surface area contributed by atoms with E-state index in [0.717, 1.165) is 13.1 Å². The van der Waals surface area contributed by atoms with Crippen LogP contribution in [0.1, 0.15) is 27.2 Å². The second-order valence-electron chi connectivity index (χ2n) is 5.74. The maximum Gasteiger partial charge on any atom is 0.345 e. The minimum absolute atomic E-state index is 0.0458. The topological polar surface area (TPSA) is 29.5 Å². The van der Waals surface area contributed by atoms with Crippen molar-refractivity contribution < 1.29 is 18.3 Å². The number of alkyl halides is 2. The number of ether oxygens (including phenoxy) is 1. The van der Waals surface area contributed by atoms with Gasteiger partial charge in [0.15, 0.2) is 0 Å². The molecule has 17 heavy (non-hydrogen) atoms. The summed E-state index contributed by atoms with van der Waals surface area (Å²) in [5.41, 5.74) is 0.363. The van der Waals surface area contributed by atoms with Crippen molar-refractivity contribution in [3.8, 4) is 0 Å². The molecular weight excluding hydrogens is 228 g/mol. The van der Waals surface area contributed by atoms with Crippen LogP contribution in [0.25, 0.3) is 0 Å². The van der Waals surface area contributed by atoms with Crippen molar-refractivity contribution in [3.05, 3.63) is 0 Å². The van der Waals surface area contributed by atoms with Crippen LogP contribution >= 0.6 is 0 Å². The Hall–Kier alpha value is -0.710. The smallest absolute Gasteiger partial charge is 0.342 e. The van der Waals surface area contributed by atoms with Crippen LogP contribution in [0.4, 0.5) is 8.78 Å². The summed E-state index contributed by atoms with van der Waals surface area (Å²) >= 11 is 0.